The lowest BCUT2D eigenvalue weighted by atomic mass is 10.0. The molecule has 0 aliphatic carbocycles. The van der Waals surface area contributed by atoms with Gasteiger partial charge in [-0.1, -0.05) is 60.7 Å². The van der Waals surface area contributed by atoms with Gasteiger partial charge in [-0.2, -0.15) is 0 Å². The highest BCUT2D eigenvalue weighted by molar-refractivity contribution is 6.36. The molecule has 0 bridgehead atoms. The van der Waals surface area contributed by atoms with Crippen molar-refractivity contribution in [1.29, 1.82) is 0 Å². The van der Waals surface area contributed by atoms with Crippen LogP contribution in [0.5, 0.6) is 0 Å². The number of nitroso groups, excluding NO2 is 1. The number of amides is 2. The van der Waals surface area contributed by atoms with E-state index in [4.69, 9.17) is 0 Å². The highest BCUT2D eigenvalue weighted by Crippen LogP contribution is 2.47. The molecule has 31 heavy (non-hydrogen) atoms. The quantitative estimate of drug-likeness (QED) is 0.587. The number of hydrogen-bond donors (Lipinski definition) is 0. The fourth-order valence-electron chi connectivity index (χ4n) is 4.13. The summed E-state index contributed by atoms with van der Waals surface area (Å²) >= 11 is 0. The van der Waals surface area contributed by atoms with Gasteiger partial charge in [-0.3, -0.25) is 14.5 Å². The zero-order valence-electron chi connectivity index (χ0n) is 16.6. The normalized spacial score (nSPS) is 15.8. The van der Waals surface area contributed by atoms with Gasteiger partial charge in [-0.15, -0.1) is 4.91 Å². The number of anilines is 1. The van der Waals surface area contributed by atoms with Crippen LogP contribution in [0.3, 0.4) is 0 Å². The van der Waals surface area contributed by atoms with E-state index in [-0.39, 0.29) is 17.5 Å². The molecule has 0 atom stereocenters. The number of likely N-dealkylation sites (N-methyl/N-ethyl adjacent to an activating group) is 1. The standard InChI is InChI=1S/C25H17N3O3/c1-27-22(16-8-4-2-5-9-16)20-21(24(27)29)23(17-12-14-18(26-31)15-13-17)28(25(20)30)19-10-6-3-7-11-19/h2-15H,1H3. The third-order valence-corrected chi connectivity index (χ3v) is 5.53. The van der Waals surface area contributed by atoms with Crippen LogP contribution < -0.4 is 4.90 Å². The minimum Gasteiger partial charge on any atom is -0.310 e. The molecule has 0 radical (unpaired) electrons. The number of para-hydroxylation sites is 1. The van der Waals surface area contributed by atoms with Gasteiger partial charge in [0.05, 0.1) is 22.5 Å². The fraction of sp³-hybridized carbons (Fsp3) is 0.0400. The first-order valence-corrected chi connectivity index (χ1v) is 9.77. The van der Waals surface area contributed by atoms with E-state index in [1.807, 2.05) is 60.7 Å². The Labute approximate surface area is 178 Å². The maximum atomic E-state index is 13.7. The molecule has 2 aliphatic rings. The summed E-state index contributed by atoms with van der Waals surface area (Å²) in [6.07, 6.45) is 0. The van der Waals surface area contributed by atoms with Gasteiger partial charge >= 0.3 is 0 Å². The predicted octanol–water partition coefficient (Wildman–Crippen LogP) is 4.73. The van der Waals surface area contributed by atoms with Crippen molar-refractivity contribution in [2.24, 2.45) is 5.18 Å². The Bertz CT molecular complexity index is 1280. The van der Waals surface area contributed by atoms with Crippen molar-refractivity contribution in [3.8, 4) is 0 Å². The molecule has 2 aliphatic heterocycles. The molecule has 0 saturated carbocycles. The number of benzene rings is 3. The summed E-state index contributed by atoms with van der Waals surface area (Å²) in [5.41, 5.74) is 4.24. The molecular weight excluding hydrogens is 390 g/mol. The highest BCUT2D eigenvalue weighted by atomic mass is 16.3. The Morgan fingerprint density at radius 1 is 0.645 bits per heavy atom. The molecule has 2 heterocycles. The first-order valence-electron chi connectivity index (χ1n) is 9.77. The van der Waals surface area contributed by atoms with Gasteiger partial charge in [0.1, 0.15) is 5.69 Å². The van der Waals surface area contributed by atoms with E-state index in [2.05, 4.69) is 5.18 Å². The van der Waals surface area contributed by atoms with Crippen LogP contribution in [0.15, 0.2) is 101 Å². The van der Waals surface area contributed by atoms with Crippen LogP contribution in [0.2, 0.25) is 0 Å². The lowest BCUT2D eigenvalue weighted by molar-refractivity contribution is -0.122. The second-order valence-corrected chi connectivity index (χ2v) is 7.29. The summed E-state index contributed by atoms with van der Waals surface area (Å²) in [4.78, 5) is 41.1. The Morgan fingerprint density at radius 2 is 1.19 bits per heavy atom. The van der Waals surface area contributed by atoms with E-state index in [0.717, 1.165) is 5.56 Å². The molecule has 3 aromatic carbocycles. The first kappa shape index (κ1) is 18.7. The number of nitrogens with zero attached hydrogens (tertiary/aromatic N) is 3. The molecule has 0 N–H and O–H groups in total. The summed E-state index contributed by atoms with van der Waals surface area (Å²) in [5, 5.41) is 2.94. The minimum atomic E-state index is -0.259. The van der Waals surface area contributed by atoms with Crippen molar-refractivity contribution in [3.05, 3.63) is 112 Å². The number of carbonyl (C=O) groups is 2. The van der Waals surface area contributed by atoms with Crippen molar-refractivity contribution < 1.29 is 9.59 Å². The Kier molecular flexibility index (Phi) is 4.33. The highest BCUT2D eigenvalue weighted by Gasteiger charge is 2.48. The molecule has 6 nitrogen and oxygen atoms in total. The van der Waals surface area contributed by atoms with Crippen molar-refractivity contribution in [1.82, 2.24) is 4.90 Å². The van der Waals surface area contributed by atoms with E-state index >= 15 is 0 Å². The molecule has 0 fully saturated rings. The Morgan fingerprint density at radius 3 is 1.81 bits per heavy atom. The van der Waals surface area contributed by atoms with Gasteiger partial charge < -0.3 is 4.90 Å². The van der Waals surface area contributed by atoms with Crippen molar-refractivity contribution in [3.63, 3.8) is 0 Å². The molecule has 6 heteroatoms. The maximum Gasteiger partial charge on any atom is 0.265 e. The van der Waals surface area contributed by atoms with E-state index in [9.17, 15) is 14.5 Å². The maximum absolute atomic E-state index is 13.7. The van der Waals surface area contributed by atoms with Gasteiger partial charge in [0.15, 0.2) is 0 Å². The van der Waals surface area contributed by atoms with Crippen LogP contribution in [0.4, 0.5) is 11.4 Å². The summed E-state index contributed by atoms with van der Waals surface area (Å²) in [6.45, 7) is 0. The minimum absolute atomic E-state index is 0.242. The van der Waals surface area contributed by atoms with Crippen LogP contribution in [0.1, 0.15) is 11.1 Å². The molecular formula is C25H17N3O3. The molecule has 3 aromatic rings. The van der Waals surface area contributed by atoms with Crippen LogP contribution in [-0.4, -0.2) is 23.8 Å². The second-order valence-electron chi connectivity index (χ2n) is 7.29. The molecule has 2 amide bonds. The molecule has 150 valence electrons. The second kappa shape index (κ2) is 7.18. The summed E-state index contributed by atoms with van der Waals surface area (Å²) < 4.78 is 0. The van der Waals surface area contributed by atoms with Crippen molar-refractivity contribution in [2.75, 3.05) is 11.9 Å². The lowest BCUT2D eigenvalue weighted by Gasteiger charge is -2.23. The van der Waals surface area contributed by atoms with Gasteiger partial charge in [0, 0.05) is 12.7 Å². The third-order valence-electron chi connectivity index (χ3n) is 5.53. The van der Waals surface area contributed by atoms with Gasteiger partial charge in [-0.25, -0.2) is 0 Å². The van der Waals surface area contributed by atoms with Gasteiger partial charge in [0.25, 0.3) is 11.8 Å². The monoisotopic (exact) mass is 407 g/mol. The van der Waals surface area contributed by atoms with Crippen LogP contribution >= 0.6 is 0 Å². The van der Waals surface area contributed by atoms with Crippen LogP contribution in [0, 0.1) is 4.91 Å². The van der Waals surface area contributed by atoms with Crippen LogP contribution in [-0.2, 0) is 9.59 Å². The molecule has 0 unspecified atom stereocenters. The molecule has 0 saturated heterocycles. The summed E-state index contributed by atoms with van der Waals surface area (Å²) in [6, 6.07) is 25.2. The Hall–Kier alpha value is -4.32. The van der Waals surface area contributed by atoms with E-state index in [1.165, 1.54) is 4.90 Å². The number of carbonyl (C=O) groups excluding carboxylic acids is 2. The molecule has 0 aromatic heterocycles. The smallest absolute Gasteiger partial charge is 0.265 e. The topological polar surface area (TPSA) is 70.1 Å². The van der Waals surface area contributed by atoms with Gasteiger partial charge in [0.2, 0.25) is 0 Å². The zero-order chi connectivity index (χ0) is 21.5. The van der Waals surface area contributed by atoms with E-state index in [1.54, 1.807) is 36.2 Å². The zero-order valence-corrected chi connectivity index (χ0v) is 16.6. The van der Waals surface area contributed by atoms with Crippen LogP contribution in [0.25, 0.3) is 11.4 Å². The third kappa shape index (κ3) is 2.80. The average Bonchev–Trinajstić information content (AvgIpc) is 3.26. The van der Waals surface area contributed by atoms with Crippen molar-refractivity contribution >= 4 is 34.6 Å². The Balaban J connectivity index is 1.81. The first-order chi connectivity index (χ1) is 15.1. The number of fused-ring (bicyclic) bond motifs is 1. The number of rotatable bonds is 4. The fourth-order valence-corrected chi connectivity index (χ4v) is 4.13. The lowest BCUT2D eigenvalue weighted by Crippen LogP contribution is -2.28. The summed E-state index contributed by atoms with van der Waals surface area (Å²) in [7, 11) is 1.68. The summed E-state index contributed by atoms with van der Waals surface area (Å²) in [5.74, 6) is -0.501. The van der Waals surface area contributed by atoms with Gasteiger partial charge in [-0.05, 0) is 40.6 Å². The average molecular weight is 407 g/mol. The SMILES string of the molecule is CN1C(=O)C2=C(c3ccc(N=O)cc3)N(c3ccccc3)C(=O)C2=C1c1ccccc1. The molecule has 5 rings (SSSR count). The van der Waals surface area contributed by atoms with E-state index in [0.29, 0.717) is 33.8 Å². The number of hydrogen-bond acceptors (Lipinski definition) is 4. The predicted molar refractivity (Wildman–Crippen MR) is 119 cm³/mol. The van der Waals surface area contributed by atoms with E-state index < -0.39 is 0 Å². The molecule has 0 spiro atoms. The largest absolute Gasteiger partial charge is 0.310 e. The van der Waals surface area contributed by atoms with Crippen molar-refractivity contribution in [2.45, 2.75) is 0 Å².